The molecule has 7 nitrogen and oxygen atoms in total. The molecule has 1 aliphatic rings. The highest BCUT2D eigenvalue weighted by Gasteiger charge is 2.20. The summed E-state index contributed by atoms with van der Waals surface area (Å²) in [5.41, 5.74) is 1.30. The van der Waals surface area contributed by atoms with Crippen molar-refractivity contribution in [2.24, 2.45) is 7.05 Å². The van der Waals surface area contributed by atoms with Gasteiger partial charge in [0.2, 0.25) is 0 Å². The van der Waals surface area contributed by atoms with Crippen molar-refractivity contribution < 1.29 is 4.74 Å². The van der Waals surface area contributed by atoms with Crippen molar-refractivity contribution >= 4 is 27.4 Å². The summed E-state index contributed by atoms with van der Waals surface area (Å²) in [4.78, 5) is 19.1. The van der Waals surface area contributed by atoms with Crippen LogP contribution in [0.5, 0.6) is 5.75 Å². The van der Waals surface area contributed by atoms with Gasteiger partial charge >= 0.3 is 0 Å². The second kappa shape index (κ2) is 8.41. The molecule has 0 amide bonds. The first-order valence-electron chi connectivity index (χ1n) is 10.1. The molecule has 8 heteroatoms. The van der Waals surface area contributed by atoms with Crippen molar-refractivity contribution in [2.75, 3.05) is 31.1 Å². The standard InChI is InChI=1S/C22H24N6OS/c1-26-8-7-23-20(26)15-29-18-4-2-17(3-5-18)14-27-9-11-28(12-10-27)21-19-6-13-30-22(19)25-16-24-21/h2-8,13,16H,9-12,14-15H2,1H3. The fourth-order valence-electron chi connectivity index (χ4n) is 3.78. The Morgan fingerprint density at radius 1 is 1.00 bits per heavy atom. The molecule has 0 aliphatic carbocycles. The number of nitrogens with zero attached hydrogens (tertiary/aromatic N) is 6. The number of piperazine rings is 1. The molecule has 0 spiro atoms. The topological polar surface area (TPSA) is 59.3 Å². The number of imidazole rings is 1. The van der Waals surface area contributed by atoms with E-state index in [1.807, 2.05) is 29.9 Å². The van der Waals surface area contributed by atoms with E-state index >= 15 is 0 Å². The van der Waals surface area contributed by atoms with Crippen molar-refractivity contribution in [3.8, 4) is 5.75 Å². The third-order valence-corrected chi connectivity index (χ3v) is 6.35. The second-order valence-corrected chi connectivity index (χ2v) is 8.38. The van der Waals surface area contributed by atoms with Crippen molar-refractivity contribution in [3.05, 3.63) is 65.8 Å². The molecule has 0 saturated carbocycles. The first-order chi connectivity index (χ1) is 14.8. The monoisotopic (exact) mass is 420 g/mol. The third kappa shape index (κ3) is 4.01. The van der Waals surface area contributed by atoms with Crippen molar-refractivity contribution in [1.82, 2.24) is 24.4 Å². The van der Waals surface area contributed by atoms with Gasteiger partial charge in [0.15, 0.2) is 0 Å². The molecule has 1 aliphatic heterocycles. The smallest absolute Gasteiger partial charge is 0.146 e. The lowest BCUT2D eigenvalue weighted by atomic mass is 10.2. The van der Waals surface area contributed by atoms with Gasteiger partial charge in [-0.2, -0.15) is 0 Å². The highest BCUT2D eigenvalue weighted by atomic mass is 32.1. The van der Waals surface area contributed by atoms with Crippen LogP contribution in [0.25, 0.3) is 10.2 Å². The Bertz CT molecular complexity index is 1110. The Labute approximate surface area is 179 Å². The maximum Gasteiger partial charge on any atom is 0.146 e. The molecule has 0 unspecified atom stereocenters. The Hall–Kier alpha value is -2.97. The van der Waals surface area contributed by atoms with E-state index in [9.17, 15) is 0 Å². The largest absolute Gasteiger partial charge is 0.486 e. The number of anilines is 1. The van der Waals surface area contributed by atoms with Crippen LogP contribution in [-0.2, 0) is 20.2 Å². The van der Waals surface area contributed by atoms with Crippen LogP contribution in [-0.4, -0.2) is 50.6 Å². The van der Waals surface area contributed by atoms with Crippen molar-refractivity contribution in [2.45, 2.75) is 13.2 Å². The second-order valence-electron chi connectivity index (χ2n) is 7.49. The van der Waals surface area contributed by atoms with Gasteiger partial charge in [0.25, 0.3) is 0 Å². The number of benzene rings is 1. The molecule has 1 aromatic carbocycles. The van der Waals surface area contributed by atoms with Crippen LogP contribution < -0.4 is 9.64 Å². The molecule has 4 aromatic rings. The van der Waals surface area contributed by atoms with Crippen LogP contribution in [0.3, 0.4) is 0 Å². The van der Waals surface area contributed by atoms with E-state index in [4.69, 9.17) is 4.74 Å². The maximum atomic E-state index is 5.85. The molecule has 0 bridgehead atoms. The van der Waals surface area contributed by atoms with E-state index in [1.54, 1.807) is 23.9 Å². The summed E-state index contributed by atoms with van der Waals surface area (Å²) in [6.07, 6.45) is 5.39. The highest BCUT2D eigenvalue weighted by Crippen LogP contribution is 2.27. The first kappa shape index (κ1) is 19.0. The van der Waals surface area contributed by atoms with Gasteiger partial charge in [0.05, 0.1) is 5.39 Å². The molecule has 4 heterocycles. The van der Waals surface area contributed by atoms with Crippen LogP contribution in [0.15, 0.2) is 54.4 Å². The quantitative estimate of drug-likeness (QED) is 0.477. The molecule has 154 valence electrons. The average Bonchev–Trinajstić information content (AvgIpc) is 3.42. The molecular weight excluding hydrogens is 396 g/mol. The summed E-state index contributed by atoms with van der Waals surface area (Å²) >= 11 is 1.67. The normalized spacial score (nSPS) is 15.0. The lowest BCUT2D eigenvalue weighted by Gasteiger charge is -2.35. The van der Waals surface area contributed by atoms with Gasteiger partial charge in [-0.25, -0.2) is 15.0 Å². The number of hydrogen-bond donors (Lipinski definition) is 0. The number of thiophene rings is 1. The van der Waals surface area contributed by atoms with Gasteiger partial charge in [-0.1, -0.05) is 12.1 Å². The average molecular weight is 421 g/mol. The molecule has 1 fully saturated rings. The van der Waals surface area contributed by atoms with Gasteiger partial charge in [0.1, 0.15) is 35.2 Å². The van der Waals surface area contributed by atoms with E-state index in [1.165, 1.54) is 5.56 Å². The minimum Gasteiger partial charge on any atom is -0.486 e. The van der Waals surface area contributed by atoms with Gasteiger partial charge in [-0.15, -0.1) is 11.3 Å². The molecule has 5 rings (SSSR count). The zero-order chi connectivity index (χ0) is 20.3. The molecule has 1 saturated heterocycles. The summed E-state index contributed by atoms with van der Waals surface area (Å²) in [7, 11) is 1.97. The summed E-state index contributed by atoms with van der Waals surface area (Å²) < 4.78 is 7.82. The van der Waals surface area contributed by atoms with E-state index in [0.29, 0.717) is 6.61 Å². The van der Waals surface area contributed by atoms with E-state index < -0.39 is 0 Å². The predicted molar refractivity (Wildman–Crippen MR) is 119 cm³/mol. The Morgan fingerprint density at radius 2 is 1.83 bits per heavy atom. The van der Waals surface area contributed by atoms with Gasteiger partial charge in [0, 0.05) is 52.2 Å². The van der Waals surface area contributed by atoms with Crippen molar-refractivity contribution in [3.63, 3.8) is 0 Å². The fourth-order valence-corrected chi connectivity index (χ4v) is 4.51. The summed E-state index contributed by atoms with van der Waals surface area (Å²) in [6.45, 7) is 5.43. The molecule has 0 atom stereocenters. The summed E-state index contributed by atoms with van der Waals surface area (Å²) in [5.74, 6) is 2.85. The molecule has 30 heavy (non-hydrogen) atoms. The number of ether oxygens (including phenoxy) is 1. The van der Waals surface area contributed by atoms with Crippen LogP contribution in [0.2, 0.25) is 0 Å². The van der Waals surface area contributed by atoms with Crippen LogP contribution in [0.1, 0.15) is 11.4 Å². The number of fused-ring (bicyclic) bond motifs is 1. The van der Waals surface area contributed by atoms with E-state index in [0.717, 1.165) is 60.3 Å². The van der Waals surface area contributed by atoms with E-state index in [-0.39, 0.29) is 0 Å². The SMILES string of the molecule is Cn1ccnc1COc1ccc(CN2CCN(c3ncnc4sccc34)CC2)cc1. The fraction of sp³-hybridized carbons (Fsp3) is 0.318. The summed E-state index contributed by atoms with van der Waals surface area (Å²) in [6, 6.07) is 10.5. The number of aromatic nitrogens is 4. The van der Waals surface area contributed by atoms with Gasteiger partial charge in [-0.05, 0) is 29.1 Å². The number of rotatable bonds is 6. The first-order valence-corrected chi connectivity index (χ1v) is 11.0. The van der Waals surface area contributed by atoms with Crippen molar-refractivity contribution in [1.29, 1.82) is 0 Å². The molecule has 0 radical (unpaired) electrons. The Kier molecular flexibility index (Phi) is 5.33. The summed E-state index contributed by atoms with van der Waals surface area (Å²) in [5, 5.41) is 3.25. The van der Waals surface area contributed by atoms with Crippen LogP contribution in [0, 0.1) is 0 Å². The molecule has 0 N–H and O–H groups in total. The lowest BCUT2D eigenvalue weighted by molar-refractivity contribution is 0.249. The minimum atomic E-state index is 0.477. The molecular formula is C22H24N6OS. The predicted octanol–water partition coefficient (Wildman–Crippen LogP) is 3.33. The van der Waals surface area contributed by atoms with Gasteiger partial charge < -0.3 is 14.2 Å². The number of hydrogen-bond acceptors (Lipinski definition) is 7. The van der Waals surface area contributed by atoms with Crippen LogP contribution in [0.4, 0.5) is 5.82 Å². The number of aryl methyl sites for hydroxylation is 1. The Balaban J connectivity index is 1.15. The molecule has 3 aromatic heterocycles. The minimum absolute atomic E-state index is 0.477. The van der Waals surface area contributed by atoms with Gasteiger partial charge in [-0.3, -0.25) is 4.90 Å². The van der Waals surface area contributed by atoms with E-state index in [2.05, 4.69) is 48.3 Å². The Morgan fingerprint density at radius 3 is 2.60 bits per heavy atom. The third-order valence-electron chi connectivity index (χ3n) is 5.53. The highest BCUT2D eigenvalue weighted by molar-refractivity contribution is 7.16. The maximum absolute atomic E-state index is 5.85. The lowest BCUT2D eigenvalue weighted by Crippen LogP contribution is -2.46. The van der Waals surface area contributed by atoms with Crippen LogP contribution >= 0.6 is 11.3 Å². The zero-order valence-corrected chi connectivity index (χ0v) is 17.8. The zero-order valence-electron chi connectivity index (χ0n) is 16.9.